The summed E-state index contributed by atoms with van der Waals surface area (Å²) in [4.78, 5) is 11.9. The summed E-state index contributed by atoms with van der Waals surface area (Å²) in [5.74, 6) is -0.268. The Bertz CT molecular complexity index is 488. The number of hydrogen-bond acceptors (Lipinski definition) is 3. The number of halogens is 2. The number of aromatic nitrogens is 2. The van der Waals surface area contributed by atoms with Crippen LogP contribution in [0.2, 0.25) is 10.3 Å². The van der Waals surface area contributed by atoms with Gasteiger partial charge in [-0.25, -0.2) is 0 Å². The Morgan fingerprint density at radius 2 is 2.22 bits per heavy atom. The zero-order valence-electron chi connectivity index (χ0n) is 9.75. The van der Waals surface area contributed by atoms with Gasteiger partial charge in [-0.2, -0.15) is 0 Å². The third-order valence-electron chi connectivity index (χ3n) is 2.83. The van der Waals surface area contributed by atoms with Gasteiger partial charge in [0.1, 0.15) is 0 Å². The first-order valence-electron chi connectivity index (χ1n) is 5.81. The molecule has 0 aliphatic heterocycles. The number of nitrogens with one attached hydrogen (secondary N) is 1. The minimum atomic E-state index is -0.268. The van der Waals surface area contributed by atoms with Crippen molar-refractivity contribution in [3.8, 4) is 0 Å². The lowest BCUT2D eigenvalue weighted by Gasteiger charge is -2.06. The lowest BCUT2D eigenvalue weighted by molar-refractivity contribution is 0.0953. The lowest BCUT2D eigenvalue weighted by atomic mass is 10.1. The van der Waals surface area contributed by atoms with Crippen molar-refractivity contribution in [3.63, 3.8) is 0 Å². The van der Waals surface area contributed by atoms with Crippen LogP contribution in [0.4, 0.5) is 0 Å². The van der Waals surface area contributed by atoms with Gasteiger partial charge >= 0.3 is 0 Å². The summed E-state index contributed by atoms with van der Waals surface area (Å²) < 4.78 is 0. The molecule has 4 nitrogen and oxygen atoms in total. The zero-order chi connectivity index (χ0) is 13.0. The molecule has 0 bridgehead atoms. The highest BCUT2D eigenvalue weighted by Gasteiger charge is 2.13. The molecule has 1 aromatic heterocycles. The fourth-order valence-corrected chi connectivity index (χ4v) is 2.23. The van der Waals surface area contributed by atoms with Gasteiger partial charge in [0.15, 0.2) is 10.3 Å². The highest BCUT2D eigenvalue weighted by atomic mass is 35.5. The topological polar surface area (TPSA) is 54.9 Å². The molecule has 2 rings (SSSR count). The Balaban J connectivity index is 1.89. The molecular weight excluding hydrogens is 273 g/mol. The van der Waals surface area contributed by atoms with Crippen LogP contribution in [0.15, 0.2) is 17.7 Å². The number of hydrogen-bond donors (Lipinski definition) is 1. The van der Waals surface area contributed by atoms with Crippen molar-refractivity contribution in [2.24, 2.45) is 0 Å². The van der Waals surface area contributed by atoms with E-state index in [2.05, 4.69) is 21.6 Å². The summed E-state index contributed by atoms with van der Waals surface area (Å²) in [6.07, 6.45) is 6.64. The predicted molar refractivity (Wildman–Crippen MR) is 70.9 cm³/mol. The van der Waals surface area contributed by atoms with Crippen LogP contribution in [0.5, 0.6) is 0 Å². The first kappa shape index (κ1) is 13.3. The first-order chi connectivity index (χ1) is 8.66. The maximum Gasteiger partial charge on any atom is 0.254 e. The van der Waals surface area contributed by atoms with Crippen LogP contribution in [0.3, 0.4) is 0 Å². The van der Waals surface area contributed by atoms with Gasteiger partial charge in [0.25, 0.3) is 5.91 Å². The molecule has 0 unspecified atom stereocenters. The number of carbonyl (C=O) groups is 1. The molecule has 1 aromatic rings. The van der Waals surface area contributed by atoms with Crippen molar-refractivity contribution in [3.05, 3.63) is 33.6 Å². The first-order valence-corrected chi connectivity index (χ1v) is 6.57. The van der Waals surface area contributed by atoms with Crippen LogP contribution in [-0.4, -0.2) is 22.6 Å². The van der Waals surface area contributed by atoms with Crippen molar-refractivity contribution in [1.82, 2.24) is 15.5 Å². The van der Waals surface area contributed by atoms with Crippen LogP contribution < -0.4 is 5.32 Å². The third-order valence-corrected chi connectivity index (χ3v) is 3.29. The Morgan fingerprint density at radius 3 is 2.94 bits per heavy atom. The van der Waals surface area contributed by atoms with E-state index >= 15 is 0 Å². The third kappa shape index (κ3) is 3.43. The van der Waals surface area contributed by atoms with Crippen molar-refractivity contribution in [1.29, 1.82) is 0 Å². The van der Waals surface area contributed by atoms with E-state index in [-0.39, 0.29) is 21.8 Å². The number of amides is 1. The fourth-order valence-electron chi connectivity index (χ4n) is 1.91. The molecule has 0 saturated heterocycles. The summed E-state index contributed by atoms with van der Waals surface area (Å²) in [6.45, 7) is 0.598. The SMILES string of the molecule is O=C(NCCC1=CCCC1)c1cc(Cl)nnc1Cl. The monoisotopic (exact) mass is 285 g/mol. The van der Waals surface area contributed by atoms with E-state index < -0.39 is 0 Å². The largest absolute Gasteiger partial charge is 0.352 e. The second-order valence-corrected chi connectivity index (χ2v) is 4.88. The Hall–Kier alpha value is -1.13. The van der Waals surface area contributed by atoms with Gasteiger partial charge < -0.3 is 5.32 Å². The van der Waals surface area contributed by atoms with Gasteiger partial charge in [0.2, 0.25) is 0 Å². The van der Waals surface area contributed by atoms with Crippen molar-refractivity contribution < 1.29 is 4.79 Å². The van der Waals surface area contributed by atoms with E-state index in [0.29, 0.717) is 6.54 Å². The maximum atomic E-state index is 11.9. The highest BCUT2D eigenvalue weighted by Crippen LogP contribution is 2.20. The van der Waals surface area contributed by atoms with E-state index in [1.807, 2.05) is 0 Å². The Kier molecular flexibility index (Phi) is 4.55. The van der Waals surface area contributed by atoms with Gasteiger partial charge in [0, 0.05) is 6.54 Å². The molecular formula is C12H13Cl2N3O. The molecule has 1 amide bonds. The van der Waals surface area contributed by atoms with Gasteiger partial charge in [-0.3, -0.25) is 4.79 Å². The quantitative estimate of drug-likeness (QED) is 0.866. The Labute approximate surface area is 115 Å². The van der Waals surface area contributed by atoms with Crippen LogP contribution in [0.25, 0.3) is 0 Å². The zero-order valence-corrected chi connectivity index (χ0v) is 11.3. The fraction of sp³-hybridized carbons (Fsp3) is 0.417. The van der Waals surface area contributed by atoms with Crippen LogP contribution in [0, 0.1) is 0 Å². The standard InChI is InChI=1S/C12H13Cl2N3O/c13-10-7-9(11(14)17-16-10)12(18)15-6-5-8-3-1-2-4-8/h3,7H,1-2,4-6H2,(H,15,18). The molecule has 0 spiro atoms. The average Bonchev–Trinajstić information content (AvgIpc) is 2.85. The summed E-state index contributed by atoms with van der Waals surface area (Å²) in [5.41, 5.74) is 1.67. The summed E-state index contributed by atoms with van der Waals surface area (Å²) in [6, 6.07) is 1.42. The molecule has 96 valence electrons. The van der Waals surface area contributed by atoms with Crippen molar-refractivity contribution >= 4 is 29.1 Å². The summed E-state index contributed by atoms with van der Waals surface area (Å²) >= 11 is 11.5. The average molecular weight is 286 g/mol. The van der Waals surface area contributed by atoms with Crippen LogP contribution in [-0.2, 0) is 0 Å². The van der Waals surface area contributed by atoms with E-state index in [9.17, 15) is 4.79 Å². The molecule has 0 saturated carbocycles. The van der Waals surface area contributed by atoms with Crippen molar-refractivity contribution in [2.75, 3.05) is 6.54 Å². The maximum absolute atomic E-state index is 11.9. The summed E-state index contributed by atoms with van der Waals surface area (Å²) in [5, 5.41) is 10.2. The van der Waals surface area contributed by atoms with Crippen LogP contribution in [0.1, 0.15) is 36.0 Å². The molecule has 1 aliphatic rings. The van der Waals surface area contributed by atoms with Crippen LogP contribution >= 0.6 is 23.2 Å². The highest BCUT2D eigenvalue weighted by molar-refractivity contribution is 6.34. The Morgan fingerprint density at radius 1 is 1.39 bits per heavy atom. The summed E-state index contributed by atoms with van der Waals surface area (Å²) in [7, 11) is 0. The molecule has 0 fully saturated rings. The normalized spacial score (nSPS) is 14.4. The van der Waals surface area contributed by atoms with Gasteiger partial charge in [-0.15, -0.1) is 10.2 Å². The number of carbonyl (C=O) groups excluding carboxylic acids is 1. The number of rotatable bonds is 4. The molecule has 1 N–H and O–H groups in total. The smallest absolute Gasteiger partial charge is 0.254 e. The molecule has 18 heavy (non-hydrogen) atoms. The minimum Gasteiger partial charge on any atom is -0.352 e. The second-order valence-electron chi connectivity index (χ2n) is 4.13. The molecule has 0 aromatic carbocycles. The van der Waals surface area contributed by atoms with Gasteiger partial charge in [0.05, 0.1) is 5.56 Å². The molecule has 6 heteroatoms. The molecule has 1 heterocycles. The van der Waals surface area contributed by atoms with Gasteiger partial charge in [-0.1, -0.05) is 34.9 Å². The molecule has 1 aliphatic carbocycles. The molecule has 0 atom stereocenters. The minimum absolute atomic E-state index is 0.0666. The van der Waals surface area contributed by atoms with Crippen molar-refractivity contribution in [2.45, 2.75) is 25.7 Å². The second kappa shape index (κ2) is 6.16. The number of nitrogens with zero attached hydrogens (tertiary/aromatic N) is 2. The van der Waals surface area contributed by atoms with E-state index in [4.69, 9.17) is 23.2 Å². The number of allylic oxidation sites excluding steroid dienone is 1. The van der Waals surface area contributed by atoms with E-state index in [1.165, 1.54) is 18.1 Å². The van der Waals surface area contributed by atoms with E-state index in [1.54, 1.807) is 0 Å². The van der Waals surface area contributed by atoms with E-state index in [0.717, 1.165) is 19.3 Å². The predicted octanol–water partition coefficient (Wildman–Crippen LogP) is 3.01. The lowest BCUT2D eigenvalue weighted by Crippen LogP contribution is -2.25. The van der Waals surface area contributed by atoms with Gasteiger partial charge in [-0.05, 0) is 31.7 Å². The molecule has 0 radical (unpaired) electrons.